The third-order valence-electron chi connectivity index (χ3n) is 6.56. The molecule has 0 bridgehead atoms. The monoisotopic (exact) mass is 649 g/mol. The third kappa shape index (κ3) is 12.7. The molecule has 1 aromatic carbocycles. The number of nitrogens with zero attached hydrogens (tertiary/aromatic N) is 2. The zero-order valence-corrected chi connectivity index (χ0v) is 26.3. The van der Waals surface area contributed by atoms with E-state index in [1.807, 2.05) is 0 Å². The molecule has 6 atom stereocenters. The van der Waals surface area contributed by atoms with E-state index in [0.717, 1.165) is 6.21 Å². The molecule has 1 heterocycles. The molecule has 0 unspecified atom stereocenters. The number of nitrogens with one attached hydrogen (secondary N) is 1. The van der Waals surface area contributed by atoms with Crippen LogP contribution in [0.2, 0.25) is 0 Å². The van der Waals surface area contributed by atoms with Gasteiger partial charge in [0.1, 0.15) is 49.4 Å². The summed E-state index contributed by atoms with van der Waals surface area (Å²) in [7, 11) is 0. The van der Waals surface area contributed by atoms with Crippen LogP contribution in [0.15, 0.2) is 24.3 Å². The van der Waals surface area contributed by atoms with Crippen LogP contribution in [0.4, 0.5) is 4.79 Å². The zero-order valence-electron chi connectivity index (χ0n) is 26.3. The Labute approximate surface area is 265 Å². The van der Waals surface area contributed by atoms with Crippen molar-refractivity contribution < 1.29 is 66.7 Å². The minimum atomic E-state index is -1.17. The summed E-state index contributed by atoms with van der Waals surface area (Å²) in [4.78, 5) is 74.4. The van der Waals surface area contributed by atoms with E-state index < -0.39 is 66.5 Å². The summed E-state index contributed by atoms with van der Waals surface area (Å²) in [5.41, 5.74) is 9.00. The van der Waals surface area contributed by atoms with Gasteiger partial charge < -0.3 is 44.0 Å². The lowest BCUT2D eigenvalue weighted by molar-refractivity contribution is -0.271. The molecule has 46 heavy (non-hydrogen) atoms. The highest BCUT2D eigenvalue weighted by Crippen LogP contribution is 2.32. The zero-order chi connectivity index (χ0) is 34.2. The van der Waals surface area contributed by atoms with Gasteiger partial charge in [-0.2, -0.15) is 4.79 Å². The normalized spacial score (nSPS) is 20.9. The average molecular weight is 650 g/mol. The summed E-state index contributed by atoms with van der Waals surface area (Å²) in [6, 6.07) is 5.16. The van der Waals surface area contributed by atoms with Crippen molar-refractivity contribution in [2.24, 2.45) is 5.92 Å². The topological polar surface area (TPSA) is 215 Å². The number of carbonyl (C=O) groups excluding carboxylic acids is 6. The van der Waals surface area contributed by atoms with Crippen molar-refractivity contribution in [2.75, 3.05) is 13.2 Å². The Morgan fingerprint density at radius 1 is 0.957 bits per heavy atom. The Kier molecular flexibility index (Phi) is 15.3. The second-order valence-electron chi connectivity index (χ2n) is 10.2. The number of hydrogen-bond donors (Lipinski definition) is 1. The molecule has 0 spiro atoms. The van der Waals surface area contributed by atoms with Crippen LogP contribution in [0.3, 0.4) is 0 Å². The molecule has 1 amide bonds. The van der Waals surface area contributed by atoms with E-state index in [1.54, 1.807) is 38.1 Å². The Morgan fingerprint density at radius 2 is 1.61 bits per heavy atom. The molecule has 16 nitrogen and oxygen atoms in total. The number of Topliss-reactive ketones (excluding diaryl/α,β-unsaturated/α-hetero) is 1. The predicted molar refractivity (Wildman–Crippen MR) is 155 cm³/mol. The summed E-state index contributed by atoms with van der Waals surface area (Å²) >= 11 is 0. The molecule has 0 aromatic heterocycles. The molecule has 1 saturated heterocycles. The van der Waals surface area contributed by atoms with Gasteiger partial charge in [0.2, 0.25) is 6.29 Å². The second kappa shape index (κ2) is 18.9. The number of ketones is 1. The van der Waals surface area contributed by atoms with Gasteiger partial charge in [0.25, 0.3) is 6.21 Å². The van der Waals surface area contributed by atoms with E-state index in [0.29, 0.717) is 5.56 Å². The van der Waals surface area contributed by atoms with Crippen LogP contribution in [0.25, 0.3) is 5.53 Å². The van der Waals surface area contributed by atoms with Crippen molar-refractivity contribution in [2.45, 2.75) is 91.1 Å². The van der Waals surface area contributed by atoms with Gasteiger partial charge in [0, 0.05) is 33.1 Å². The molecule has 2 rings (SSSR count). The van der Waals surface area contributed by atoms with Crippen LogP contribution >= 0.6 is 0 Å². The average Bonchev–Trinajstić information content (AvgIpc) is 2.99. The van der Waals surface area contributed by atoms with Gasteiger partial charge in [-0.3, -0.25) is 19.2 Å². The lowest BCUT2D eigenvalue weighted by Gasteiger charge is -2.43. The van der Waals surface area contributed by atoms with Crippen LogP contribution in [0.5, 0.6) is 5.75 Å². The van der Waals surface area contributed by atoms with Crippen LogP contribution < -0.4 is 10.1 Å². The predicted octanol–water partition coefficient (Wildman–Crippen LogP) is 2.05. The van der Waals surface area contributed by atoms with E-state index >= 15 is 0 Å². The van der Waals surface area contributed by atoms with Crippen LogP contribution in [-0.4, -0.2) is 90.6 Å². The highest BCUT2D eigenvalue weighted by Gasteiger charge is 2.49. The molecule has 0 aliphatic carbocycles. The van der Waals surface area contributed by atoms with E-state index in [4.69, 9.17) is 38.7 Å². The summed E-state index contributed by atoms with van der Waals surface area (Å²) in [5.74, 6) is -3.14. The smallest absolute Gasteiger partial charge is 0.408 e. The summed E-state index contributed by atoms with van der Waals surface area (Å²) in [6.07, 6.45) is -4.13. The first-order valence-corrected chi connectivity index (χ1v) is 14.5. The number of benzene rings is 1. The van der Waals surface area contributed by atoms with Gasteiger partial charge in [-0.1, -0.05) is 19.1 Å². The molecule has 1 fully saturated rings. The van der Waals surface area contributed by atoms with Gasteiger partial charge in [-0.25, -0.2) is 9.59 Å². The number of ether oxygens (including phenoxy) is 7. The number of alkyl carbamates (subject to hydrolysis) is 1. The molecule has 16 heteroatoms. The number of esters is 4. The number of hydrogen-bond acceptors (Lipinski definition) is 13. The van der Waals surface area contributed by atoms with Crippen molar-refractivity contribution in [1.29, 1.82) is 0 Å². The molecule has 1 N–H and O–H groups in total. The SMILES string of the molecule is CCOC(=O)[C@H](CCC(=O)CC=[N+]=[N-])NC(=O)OCc1ccc(O[C@H]2O[C@H](COC(C)=O)[C@H](OC(C)=O)[C@H](C)[C@H]2OC(C)=O)cc1. The fourth-order valence-electron chi connectivity index (χ4n) is 4.43. The highest BCUT2D eigenvalue weighted by molar-refractivity contribution is 5.90. The standard InChI is InChI=1S/C30H39N3O13/c1-6-40-28(38)24(12-9-22(37)13-14-32-31)33-30(39)42-15-21-7-10-23(11-8-21)45-29-27(44-20(5)36)17(2)26(43-19(4)35)25(46-29)16-41-18(3)34/h7-8,10-11,14,17,24-27,29H,6,9,12-13,15-16H2,1-5H3,(H,33,39)/t17-,24-,25+,26+,27+,29-/m0/s1. The molecule has 0 saturated carbocycles. The van der Waals surface area contributed by atoms with E-state index in [1.165, 1.54) is 20.8 Å². The fourth-order valence-corrected chi connectivity index (χ4v) is 4.43. The van der Waals surface area contributed by atoms with Crippen molar-refractivity contribution in [3.8, 4) is 5.75 Å². The van der Waals surface area contributed by atoms with Crippen LogP contribution in [0.1, 0.15) is 59.4 Å². The number of rotatable bonds is 16. The molecule has 1 aromatic rings. The molecule has 0 radical (unpaired) electrons. The first-order valence-electron chi connectivity index (χ1n) is 14.5. The van der Waals surface area contributed by atoms with Gasteiger partial charge >= 0.3 is 30.0 Å². The molecular formula is C30H39N3O13. The van der Waals surface area contributed by atoms with Crippen LogP contribution in [-0.2, 0) is 59.0 Å². The molecule has 1 aliphatic heterocycles. The maximum Gasteiger partial charge on any atom is 0.408 e. The minimum absolute atomic E-state index is 0.0440. The lowest BCUT2D eigenvalue weighted by Crippen LogP contribution is -2.58. The maximum absolute atomic E-state index is 12.4. The Bertz CT molecular complexity index is 1280. The quantitative estimate of drug-likeness (QED) is 0.0893. The lowest BCUT2D eigenvalue weighted by atomic mass is 9.90. The Balaban J connectivity index is 2.06. The maximum atomic E-state index is 12.4. The summed E-state index contributed by atoms with van der Waals surface area (Å²) in [6.45, 7) is 6.57. The molecule has 252 valence electrons. The van der Waals surface area contributed by atoms with Crippen molar-refractivity contribution in [3.05, 3.63) is 35.4 Å². The summed E-state index contributed by atoms with van der Waals surface area (Å²) in [5, 5.41) is 2.39. The van der Waals surface area contributed by atoms with E-state index in [9.17, 15) is 28.8 Å². The fraction of sp³-hybridized carbons (Fsp3) is 0.567. The van der Waals surface area contributed by atoms with Crippen LogP contribution in [0, 0.1) is 5.92 Å². The summed E-state index contributed by atoms with van der Waals surface area (Å²) < 4.78 is 38.1. The van der Waals surface area contributed by atoms with E-state index in [-0.39, 0.29) is 50.6 Å². The Morgan fingerprint density at radius 3 is 2.20 bits per heavy atom. The van der Waals surface area contributed by atoms with Gasteiger partial charge in [0.05, 0.1) is 6.61 Å². The van der Waals surface area contributed by atoms with E-state index in [2.05, 4.69) is 10.1 Å². The third-order valence-corrected chi connectivity index (χ3v) is 6.56. The molecular weight excluding hydrogens is 610 g/mol. The van der Waals surface area contributed by atoms with Crippen molar-refractivity contribution in [3.63, 3.8) is 0 Å². The first kappa shape index (κ1) is 37.4. The molecule has 1 aliphatic rings. The minimum Gasteiger partial charge on any atom is -0.464 e. The largest absolute Gasteiger partial charge is 0.464 e. The highest BCUT2D eigenvalue weighted by atomic mass is 16.7. The second-order valence-corrected chi connectivity index (χ2v) is 10.2. The number of amides is 1. The van der Waals surface area contributed by atoms with Gasteiger partial charge in [-0.15, -0.1) is 0 Å². The van der Waals surface area contributed by atoms with Crippen molar-refractivity contribution in [1.82, 2.24) is 5.32 Å². The van der Waals surface area contributed by atoms with Gasteiger partial charge in [0.15, 0.2) is 6.10 Å². The van der Waals surface area contributed by atoms with Gasteiger partial charge in [-0.05, 0) is 31.0 Å². The van der Waals surface area contributed by atoms with Crippen molar-refractivity contribution >= 4 is 42.0 Å². The first-order chi connectivity index (χ1) is 21.8. The number of carbonyl (C=O) groups is 6. The Hall–Kier alpha value is -4.82.